The number of benzene rings is 2. The van der Waals surface area contributed by atoms with Crippen LogP contribution in [0.2, 0.25) is 0 Å². The van der Waals surface area contributed by atoms with E-state index in [1.807, 2.05) is 18.2 Å². The summed E-state index contributed by atoms with van der Waals surface area (Å²) in [5.41, 5.74) is 2.21. The molecule has 31 heavy (non-hydrogen) atoms. The fourth-order valence-electron chi connectivity index (χ4n) is 3.66. The fraction of sp³-hybridized carbons (Fsp3) is 0.360. The van der Waals surface area contributed by atoms with E-state index in [4.69, 9.17) is 0 Å². The summed E-state index contributed by atoms with van der Waals surface area (Å²) in [6, 6.07) is 13.5. The predicted octanol–water partition coefficient (Wildman–Crippen LogP) is 7.86. The van der Waals surface area contributed by atoms with Gasteiger partial charge in [-0.25, -0.2) is 13.8 Å². The molecule has 1 N–H and O–H groups in total. The lowest BCUT2D eigenvalue weighted by molar-refractivity contribution is 0.0175. The fourth-order valence-corrected chi connectivity index (χ4v) is 4.63. The number of anilines is 1. The number of thiazole rings is 1. The Morgan fingerprint density at radius 1 is 1.10 bits per heavy atom. The first-order valence-electron chi connectivity index (χ1n) is 10.7. The van der Waals surface area contributed by atoms with Crippen molar-refractivity contribution >= 4 is 22.9 Å². The first-order valence-corrected chi connectivity index (χ1v) is 11.6. The molecule has 0 bridgehead atoms. The Labute approximate surface area is 186 Å². The molecule has 1 amide bonds. The highest BCUT2D eigenvalue weighted by molar-refractivity contribution is 7.09. The summed E-state index contributed by atoms with van der Waals surface area (Å²) >= 11 is 1.53. The van der Waals surface area contributed by atoms with Crippen LogP contribution in [0.25, 0.3) is 11.1 Å². The van der Waals surface area contributed by atoms with Crippen molar-refractivity contribution < 1.29 is 13.6 Å². The molecule has 0 aliphatic heterocycles. The van der Waals surface area contributed by atoms with Gasteiger partial charge in [0.1, 0.15) is 5.69 Å². The third-order valence-electron chi connectivity index (χ3n) is 5.23. The molecule has 0 saturated heterocycles. The minimum absolute atomic E-state index is 0.0619. The first-order chi connectivity index (χ1) is 14.8. The van der Waals surface area contributed by atoms with E-state index < -0.39 is 5.92 Å². The Kier molecular flexibility index (Phi) is 7.55. The number of carbonyl (C=O) groups is 1. The van der Waals surface area contributed by atoms with Crippen molar-refractivity contribution in [3.05, 3.63) is 70.2 Å². The van der Waals surface area contributed by atoms with E-state index in [1.54, 1.807) is 23.6 Å². The molecule has 0 saturated carbocycles. The second kappa shape index (κ2) is 10.1. The lowest BCUT2D eigenvalue weighted by Gasteiger charge is -2.14. The number of aromatic nitrogens is 1. The lowest BCUT2D eigenvalue weighted by atomic mass is 9.99. The average molecular weight is 443 g/mol. The number of carbonyl (C=O) groups excluding carboxylic acids is 1. The van der Waals surface area contributed by atoms with Gasteiger partial charge in [-0.05, 0) is 30.5 Å². The molecule has 0 unspecified atom stereocenters. The van der Waals surface area contributed by atoms with Crippen LogP contribution >= 0.6 is 11.3 Å². The van der Waals surface area contributed by atoms with Gasteiger partial charge in [0.15, 0.2) is 0 Å². The summed E-state index contributed by atoms with van der Waals surface area (Å²) in [4.78, 5) is 17.5. The maximum absolute atomic E-state index is 13.8. The molecule has 0 aliphatic carbocycles. The van der Waals surface area contributed by atoms with Gasteiger partial charge in [0.05, 0.1) is 5.01 Å². The number of para-hydroxylation sites is 1. The molecule has 1 heterocycles. The molecule has 0 spiro atoms. The molecule has 2 aromatic carbocycles. The van der Waals surface area contributed by atoms with Crippen LogP contribution in [0.3, 0.4) is 0 Å². The van der Waals surface area contributed by atoms with Gasteiger partial charge in [0.25, 0.3) is 11.8 Å². The Morgan fingerprint density at radius 2 is 1.81 bits per heavy atom. The van der Waals surface area contributed by atoms with E-state index in [2.05, 4.69) is 24.1 Å². The zero-order valence-electron chi connectivity index (χ0n) is 18.1. The van der Waals surface area contributed by atoms with Crippen molar-refractivity contribution in [3.63, 3.8) is 0 Å². The van der Waals surface area contributed by atoms with Gasteiger partial charge < -0.3 is 5.32 Å². The van der Waals surface area contributed by atoms with Gasteiger partial charge in [0.2, 0.25) is 0 Å². The van der Waals surface area contributed by atoms with Crippen molar-refractivity contribution in [3.8, 4) is 11.1 Å². The second-order valence-electron chi connectivity index (χ2n) is 7.81. The molecule has 3 nitrogen and oxygen atoms in total. The van der Waals surface area contributed by atoms with Gasteiger partial charge in [0, 0.05) is 35.0 Å². The predicted molar refractivity (Wildman–Crippen MR) is 124 cm³/mol. The van der Waals surface area contributed by atoms with Gasteiger partial charge in [-0.15, -0.1) is 11.3 Å². The van der Waals surface area contributed by atoms with Crippen molar-refractivity contribution in [2.24, 2.45) is 0 Å². The quantitative estimate of drug-likeness (QED) is 0.366. The average Bonchev–Trinajstić information content (AvgIpc) is 3.24. The second-order valence-corrected chi connectivity index (χ2v) is 8.70. The number of alkyl halides is 2. The van der Waals surface area contributed by atoms with Crippen LogP contribution in [0.4, 0.5) is 14.5 Å². The molecule has 1 aromatic heterocycles. The molecule has 164 valence electrons. The molecular weight excluding hydrogens is 414 g/mol. The molecular formula is C25H28F2N2OS. The Morgan fingerprint density at radius 3 is 2.48 bits per heavy atom. The lowest BCUT2D eigenvalue weighted by Crippen LogP contribution is -2.13. The molecule has 0 radical (unpaired) electrons. The largest absolute Gasteiger partial charge is 0.320 e. The highest BCUT2D eigenvalue weighted by Crippen LogP contribution is 2.34. The van der Waals surface area contributed by atoms with Crippen LogP contribution in [-0.4, -0.2) is 10.9 Å². The monoisotopic (exact) mass is 442 g/mol. The summed E-state index contributed by atoms with van der Waals surface area (Å²) in [5.74, 6) is -2.84. The highest BCUT2D eigenvalue weighted by atomic mass is 32.1. The van der Waals surface area contributed by atoms with Gasteiger partial charge in [-0.1, -0.05) is 63.1 Å². The molecule has 3 aromatic rings. The third-order valence-corrected chi connectivity index (χ3v) is 6.24. The van der Waals surface area contributed by atoms with Crippen LogP contribution in [-0.2, 0) is 5.92 Å². The number of nitrogens with zero attached hydrogens (tertiary/aromatic N) is 1. The summed E-state index contributed by atoms with van der Waals surface area (Å²) in [6.45, 7) is 5.19. The molecule has 0 atom stereocenters. The third kappa shape index (κ3) is 5.76. The minimum Gasteiger partial charge on any atom is -0.320 e. The van der Waals surface area contributed by atoms with E-state index in [-0.39, 0.29) is 11.5 Å². The van der Waals surface area contributed by atoms with E-state index in [1.165, 1.54) is 23.5 Å². The maximum Gasteiger partial charge on any atom is 0.275 e. The SMILES string of the molecule is CCCC(CCC)c1nc(C(=O)Nc2ccccc2-c2cccc(C(C)(F)F)c2)cs1. The van der Waals surface area contributed by atoms with Gasteiger partial charge in [-0.3, -0.25) is 4.79 Å². The van der Waals surface area contributed by atoms with Crippen LogP contribution in [0.15, 0.2) is 53.9 Å². The summed E-state index contributed by atoms with van der Waals surface area (Å²) in [6.07, 6.45) is 4.28. The summed E-state index contributed by atoms with van der Waals surface area (Å²) < 4.78 is 27.6. The van der Waals surface area contributed by atoms with E-state index >= 15 is 0 Å². The smallest absolute Gasteiger partial charge is 0.275 e. The molecule has 3 rings (SSSR count). The number of nitrogens with one attached hydrogen (secondary N) is 1. The number of hydrogen-bond acceptors (Lipinski definition) is 3. The number of amides is 1. The number of halogens is 2. The topological polar surface area (TPSA) is 42.0 Å². The normalized spacial score (nSPS) is 11.7. The summed E-state index contributed by atoms with van der Waals surface area (Å²) in [7, 11) is 0. The van der Waals surface area contributed by atoms with Crippen LogP contribution in [0.1, 0.15) is 73.4 Å². The molecule has 0 fully saturated rings. The molecule has 6 heteroatoms. The van der Waals surface area contributed by atoms with E-state index in [9.17, 15) is 13.6 Å². The number of rotatable bonds is 9. The highest BCUT2D eigenvalue weighted by Gasteiger charge is 2.25. The Bertz CT molecular complexity index is 1020. The number of hydrogen-bond donors (Lipinski definition) is 1. The first kappa shape index (κ1) is 23.1. The zero-order chi connectivity index (χ0) is 22.4. The van der Waals surface area contributed by atoms with Crippen LogP contribution in [0, 0.1) is 0 Å². The minimum atomic E-state index is -2.93. The Balaban J connectivity index is 1.84. The Hall–Kier alpha value is -2.60. The molecule has 0 aliphatic rings. The zero-order valence-corrected chi connectivity index (χ0v) is 18.9. The summed E-state index contributed by atoms with van der Waals surface area (Å²) in [5, 5.41) is 5.71. The van der Waals surface area contributed by atoms with Crippen molar-refractivity contribution in [1.82, 2.24) is 4.98 Å². The van der Waals surface area contributed by atoms with Crippen LogP contribution < -0.4 is 5.32 Å². The standard InChI is InChI=1S/C25H28F2N2OS/c1-4-9-17(10-5-2)24-29-22(16-31-24)23(30)28-21-14-7-6-13-20(21)18-11-8-12-19(15-18)25(3,26)27/h6-8,11-17H,4-5,9-10H2,1-3H3,(H,28,30). The van der Waals surface area contributed by atoms with Crippen LogP contribution in [0.5, 0.6) is 0 Å². The van der Waals surface area contributed by atoms with Gasteiger partial charge >= 0.3 is 0 Å². The van der Waals surface area contributed by atoms with Crippen molar-refractivity contribution in [1.29, 1.82) is 0 Å². The van der Waals surface area contributed by atoms with Crippen molar-refractivity contribution in [2.45, 2.75) is 58.3 Å². The van der Waals surface area contributed by atoms with E-state index in [0.717, 1.165) is 37.6 Å². The van der Waals surface area contributed by atoms with Crippen molar-refractivity contribution in [2.75, 3.05) is 5.32 Å². The maximum atomic E-state index is 13.8. The van der Waals surface area contributed by atoms with E-state index in [0.29, 0.717) is 28.4 Å². The van der Waals surface area contributed by atoms with Gasteiger partial charge in [-0.2, -0.15) is 0 Å².